The van der Waals surface area contributed by atoms with Crippen LogP contribution in [0, 0.1) is 0 Å². The van der Waals surface area contributed by atoms with Crippen molar-refractivity contribution in [3.63, 3.8) is 0 Å². The molecular formula is C17H27N3O3. The second kappa shape index (κ2) is 8.29. The SMILES string of the molecule is COc1ccc(CN2CCN(C)CC2)cc1NC(=O)[C@@H](C)OC. The first kappa shape index (κ1) is 17.7. The number of nitrogens with zero attached hydrogens (tertiary/aromatic N) is 2. The Kier molecular flexibility index (Phi) is 6.38. The normalized spacial score (nSPS) is 17.7. The number of methoxy groups -OCH3 is 2. The number of rotatable bonds is 6. The highest BCUT2D eigenvalue weighted by Gasteiger charge is 2.17. The van der Waals surface area contributed by atoms with Gasteiger partial charge in [-0.3, -0.25) is 9.69 Å². The zero-order chi connectivity index (χ0) is 16.8. The van der Waals surface area contributed by atoms with Crippen molar-refractivity contribution in [2.24, 2.45) is 0 Å². The minimum atomic E-state index is -0.499. The van der Waals surface area contributed by atoms with Gasteiger partial charge in [-0.2, -0.15) is 0 Å². The maximum Gasteiger partial charge on any atom is 0.253 e. The molecule has 6 heteroatoms. The van der Waals surface area contributed by atoms with Crippen LogP contribution in [0.3, 0.4) is 0 Å². The monoisotopic (exact) mass is 321 g/mol. The van der Waals surface area contributed by atoms with Crippen molar-refractivity contribution >= 4 is 11.6 Å². The third kappa shape index (κ3) is 4.92. The van der Waals surface area contributed by atoms with Gasteiger partial charge in [0.2, 0.25) is 0 Å². The highest BCUT2D eigenvalue weighted by atomic mass is 16.5. The topological polar surface area (TPSA) is 54.0 Å². The summed E-state index contributed by atoms with van der Waals surface area (Å²) in [5, 5.41) is 2.88. The summed E-state index contributed by atoms with van der Waals surface area (Å²) in [6.07, 6.45) is -0.499. The van der Waals surface area contributed by atoms with Crippen molar-refractivity contribution < 1.29 is 14.3 Å². The molecule has 1 atom stereocenters. The van der Waals surface area contributed by atoms with Crippen LogP contribution in [0.1, 0.15) is 12.5 Å². The van der Waals surface area contributed by atoms with Gasteiger partial charge in [-0.05, 0) is 31.7 Å². The largest absolute Gasteiger partial charge is 0.495 e. The standard InChI is InChI=1S/C17H27N3O3/c1-13(22-3)17(21)18-15-11-14(5-6-16(15)23-4)12-20-9-7-19(2)8-10-20/h5-6,11,13H,7-10,12H2,1-4H3,(H,18,21)/t13-/m1/s1. The molecule has 0 aromatic heterocycles. The van der Waals surface area contributed by atoms with Crippen LogP contribution >= 0.6 is 0 Å². The molecule has 128 valence electrons. The van der Waals surface area contributed by atoms with Crippen LogP contribution in [0.2, 0.25) is 0 Å². The third-order valence-corrected chi connectivity index (χ3v) is 4.25. The van der Waals surface area contributed by atoms with Crippen LogP contribution < -0.4 is 10.1 Å². The number of amides is 1. The molecule has 1 aromatic carbocycles. The fourth-order valence-electron chi connectivity index (χ4n) is 2.56. The van der Waals surface area contributed by atoms with Crippen LogP contribution in [-0.4, -0.2) is 69.3 Å². The van der Waals surface area contributed by atoms with E-state index in [2.05, 4.69) is 22.2 Å². The van der Waals surface area contributed by atoms with Gasteiger partial charge in [-0.1, -0.05) is 6.07 Å². The predicted molar refractivity (Wildman–Crippen MR) is 90.9 cm³/mol. The van der Waals surface area contributed by atoms with E-state index < -0.39 is 6.10 Å². The van der Waals surface area contributed by atoms with Crippen LogP contribution in [-0.2, 0) is 16.1 Å². The van der Waals surface area contributed by atoms with E-state index in [1.54, 1.807) is 14.0 Å². The molecule has 1 aliphatic heterocycles. The second-order valence-corrected chi connectivity index (χ2v) is 5.98. The van der Waals surface area contributed by atoms with Crippen molar-refractivity contribution in [2.45, 2.75) is 19.6 Å². The van der Waals surface area contributed by atoms with E-state index in [9.17, 15) is 4.79 Å². The molecule has 1 fully saturated rings. The molecule has 0 radical (unpaired) electrons. The predicted octanol–water partition coefficient (Wildman–Crippen LogP) is 1.42. The lowest BCUT2D eigenvalue weighted by Gasteiger charge is -2.32. The van der Waals surface area contributed by atoms with Crippen LogP contribution in [0.15, 0.2) is 18.2 Å². The lowest BCUT2D eigenvalue weighted by Crippen LogP contribution is -2.43. The van der Waals surface area contributed by atoms with E-state index in [0.717, 1.165) is 38.3 Å². The number of carbonyl (C=O) groups excluding carboxylic acids is 1. The molecule has 1 heterocycles. The average molecular weight is 321 g/mol. The van der Waals surface area contributed by atoms with Crippen molar-refractivity contribution in [1.29, 1.82) is 0 Å². The molecule has 1 aromatic rings. The Hall–Kier alpha value is -1.63. The van der Waals surface area contributed by atoms with Gasteiger partial charge in [-0.25, -0.2) is 0 Å². The molecule has 1 amide bonds. The molecule has 1 aliphatic rings. The number of piperazine rings is 1. The molecule has 6 nitrogen and oxygen atoms in total. The molecule has 0 spiro atoms. The smallest absolute Gasteiger partial charge is 0.253 e. The van der Waals surface area contributed by atoms with Gasteiger partial charge in [0, 0.05) is 39.8 Å². The number of nitrogens with one attached hydrogen (secondary N) is 1. The summed E-state index contributed by atoms with van der Waals surface area (Å²) >= 11 is 0. The number of hydrogen-bond acceptors (Lipinski definition) is 5. The number of anilines is 1. The highest BCUT2D eigenvalue weighted by molar-refractivity contribution is 5.95. The number of hydrogen-bond donors (Lipinski definition) is 1. The van der Waals surface area contributed by atoms with Crippen molar-refractivity contribution in [3.05, 3.63) is 23.8 Å². The number of ether oxygens (including phenoxy) is 2. The molecular weight excluding hydrogens is 294 g/mol. The van der Waals surface area contributed by atoms with E-state index >= 15 is 0 Å². The molecule has 1 N–H and O–H groups in total. The van der Waals surface area contributed by atoms with Crippen LogP contribution in [0.4, 0.5) is 5.69 Å². The zero-order valence-electron chi connectivity index (χ0n) is 14.5. The summed E-state index contributed by atoms with van der Waals surface area (Å²) in [7, 11) is 5.27. The third-order valence-electron chi connectivity index (χ3n) is 4.25. The van der Waals surface area contributed by atoms with Gasteiger partial charge < -0.3 is 19.7 Å². The fraction of sp³-hybridized carbons (Fsp3) is 0.588. The first-order valence-electron chi connectivity index (χ1n) is 7.95. The second-order valence-electron chi connectivity index (χ2n) is 5.98. The Labute approximate surface area is 138 Å². The highest BCUT2D eigenvalue weighted by Crippen LogP contribution is 2.26. The lowest BCUT2D eigenvalue weighted by molar-refractivity contribution is -0.124. The number of likely N-dealkylation sites (N-methyl/N-ethyl adjacent to an activating group) is 1. The summed E-state index contributed by atoms with van der Waals surface area (Å²) in [5.41, 5.74) is 1.85. The van der Waals surface area contributed by atoms with Crippen molar-refractivity contribution in [3.8, 4) is 5.75 Å². The number of carbonyl (C=O) groups is 1. The molecule has 0 aliphatic carbocycles. The van der Waals surface area contributed by atoms with E-state index in [4.69, 9.17) is 9.47 Å². The van der Waals surface area contributed by atoms with Crippen molar-refractivity contribution in [2.75, 3.05) is 52.8 Å². The summed E-state index contributed by atoms with van der Waals surface area (Å²) in [5.74, 6) is 0.478. The molecule has 1 saturated heterocycles. The fourth-order valence-corrected chi connectivity index (χ4v) is 2.56. The van der Waals surface area contributed by atoms with Gasteiger partial charge in [0.1, 0.15) is 11.9 Å². The first-order valence-corrected chi connectivity index (χ1v) is 7.95. The van der Waals surface area contributed by atoms with E-state index in [-0.39, 0.29) is 5.91 Å². The first-order chi connectivity index (χ1) is 11.0. The Balaban J connectivity index is 2.07. The molecule has 23 heavy (non-hydrogen) atoms. The van der Waals surface area contributed by atoms with Gasteiger partial charge >= 0.3 is 0 Å². The Morgan fingerprint density at radius 2 is 1.96 bits per heavy atom. The van der Waals surface area contributed by atoms with E-state index in [1.807, 2.05) is 18.2 Å². The Morgan fingerprint density at radius 1 is 1.26 bits per heavy atom. The zero-order valence-corrected chi connectivity index (χ0v) is 14.5. The maximum atomic E-state index is 12.0. The molecule has 0 bridgehead atoms. The minimum absolute atomic E-state index is 0.178. The van der Waals surface area contributed by atoms with Gasteiger partial charge in [0.25, 0.3) is 5.91 Å². The summed E-state index contributed by atoms with van der Waals surface area (Å²) in [4.78, 5) is 16.8. The Bertz CT molecular complexity index is 528. The quantitative estimate of drug-likeness (QED) is 0.859. The van der Waals surface area contributed by atoms with E-state index in [1.165, 1.54) is 7.11 Å². The average Bonchev–Trinajstić information content (AvgIpc) is 2.56. The summed E-state index contributed by atoms with van der Waals surface area (Å²) < 4.78 is 10.4. The number of benzene rings is 1. The molecule has 0 unspecified atom stereocenters. The minimum Gasteiger partial charge on any atom is -0.495 e. The van der Waals surface area contributed by atoms with Gasteiger partial charge in [-0.15, -0.1) is 0 Å². The van der Waals surface area contributed by atoms with Gasteiger partial charge in [0.05, 0.1) is 12.8 Å². The van der Waals surface area contributed by atoms with Gasteiger partial charge in [0.15, 0.2) is 0 Å². The maximum absolute atomic E-state index is 12.0. The van der Waals surface area contributed by atoms with Crippen LogP contribution in [0.5, 0.6) is 5.75 Å². The summed E-state index contributed by atoms with van der Waals surface area (Å²) in [6.45, 7) is 6.89. The summed E-state index contributed by atoms with van der Waals surface area (Å²) in [6, 6.07) is 5.93. The molecule has 0 saturated carbocycles. The Morgan fingerprint density at radius 3 is 2.57 bits per heavy atom. The lowest BCUT2D eigenvalue weighted by atomic mass is 10.1. The van der Waals surface area contributed by atoms with E-state index in [0.29, 0.717) is 11.4 Å². The van der Waals surface area contributed by atoms with Crippen LogP contribution in [0.25, 0.3) is 0 Å². The molecule has 2 rings (SSSR count). The van der Waals surface area contributed by atoms with Crippen molar-refractivity contribution in [1.82, 2.24) is 9.80 Å².